The highest BCUT2D eigenvalue weighted by atomic mass is 32.2. The Morgan fingerprint density at radius 1 is 1.09 bits per heavy atom. The molecular weight excluding hydrogens is 420 g/mol. The first-order chi connectivity index (χ1) is 15.4. The van der Waals surface area contributed by atoms with Gasteiger partial charge in [-0.25, -0.2) is 0 Å². The zero-order valence-electron chi connectivity index (χ0n) is 18.2. The van der Waals surface area contributed by atoms with E-state index in [9.17, 15) is 4.79 Å². The zero-order chi connectivity index (χ0) is 22.6. The molecule has 1 aliphatic rings. The first-order valence-electron chi connectivity index (χ1n) is 10.3. The lowest BCUT2D eigenvalue weighted by Crippen LogP contribution is -2.28. The van der Waals surface area contributed by atoms with Crippen molar-refractivity contribution in [3.63, 3.8) is 0 Å². The van der Waals surface area contributed by atoms with Crippen LogP contribution < -0.4 is 0 Å². The van der Waals surface area contributed by atoms with Crippen LogP contribution in [0.2, 0.25) is 0 Å². The van der Waals surface area contributed by atoms with Gasteiger partial charge in [0.1, 0.15) is 5.76 Å². The monoisotopic (exact) mass is 444 g/mol. The van der Waals surface area contributed by atoms with Crippen molar-refractivity contribution in [1.29, 1.82) is 0 Å². The molecule has 0 radical (unpaired) electrons. The number of hydrogen-bond donors (Lipinski definition) is 0. The average molecular weight is 445 g/mol. The van der Waals surface area contributed by atoms with E-state index in [1.54, 1.807) is 35.8 Å². The Morgan fingerprint density at radius 2 is 1.91 bits per heavy atom. The van der Waals surface area contributed by atoms with E-state index in [-0.39, 0.29) is 11.3 Å². The summed E-state index contributed by atoms with van der Waals surface area (Å²) < 4.78 is 5.44. The van der Waals surface area contributed by atoms with Crippen molar-refractivity contribution in [3.05, 3.63) is 94.5 Å². The zero-order valence-corrected chi connectivity index (χ0v) is 19.0. The third-order valence-corrected chi connectivity index (χ3v) is 5.89. The van der Waals surface area contributed by atoms with Gasteiger partial charge in [-0.05, 0) is 52.6 Å². The minimum Gasteiger partial charge on any atom is -0.467 e. The van der Waals surface area contributed by atoms with E-state index in [1.165, 1.54) is 17.3 Å². The molecule has 3 aromatic rings. The van der Waals surface area contributed by atoms with Gasteiger partial charge < -0.3 is 4.42 Å². The molecule has 1 saturated heterocycles. The Kier molecular flexibility index (Phi) is 6.37. The first kappa shape index (κ1) is 21.8. The van der Waals surface area contributed by atoms with Crippen LogP contribution in [-0.2, 0) is 16.8 Å². The molecule has 7 heteroatoms. The summed E-state index contributed by atoms with van der Waals surface area (Å²) in [5, 5.41) is 8.98. The van der Waals surface area contributed by atoms with E-state index < -0.39 is 0 Å². The lowest BCUT2D eigenvalue weighted by atomic mass is 9.87. The lowest BCUT2D eigenvalue weighted by molar-refractivity contribution is -0.122. The van der Waals surface area contributed by atoms with Crippen LogP contribution in [0.25, 0.3) is 6.08 Å². The normalized spacial score (nSPS) is 17.2. The number of furan rings is 1. The molecule has 1 fully saturated rings. The van der Waals surface area contributed by atoms with Gasteiger partial charge in [-0.2, -0.15) is 5.10 Å². The second-order valence-electron chi connectivity index (χ2n) is 8.37. The quantitative estimate of drug-likeness (QED) is 0.297. The minimum atomic E-state index is -0.123. The number of rotatable bonds is 5. The molecule has 1 aromatic carbocycles. The highest BCUT2D eigenvalue weighted by molar-refractivity contribution is 8.18. The maximum atomic E-state index is 13.2. The second-order valence-corrected chi connectivity index (χ2v) is 9.38. The summed E-state index contributed by atoms with van der Waals surface area (Å²) in [6.07, 6.45) is 8.49. The number of nitrogens with zero attached hydrogens (tertiary/aromatic N) is 4. The molecule has 0 saturated carbocycles. The van der Waals surface area contributed by atoms with E-state index in [0.717, 1.165) is 11.1 Å². The van der Waals surface area contributed by atoms with Crippen molar-refractivity contribution >= 4 is 35.1 Å². The Hall–Kier alpha value is -3.45. The van der Waals surface area contributed by atoms with Crippen molar-refractivity contribution < 1.29 is 9.21 Å². The Balaban J connectivity index is 1.60. The summed E-state index contributed by atoms with van der Waals surface area (Å²) in [4.78, 5) is 19.4. The topological polar surface area (TPSA) is 71.1 Å². The van der Waals surface area contributed by atoms with Crippen LogP contribution in [0.5, 0.6) is 0 Å². The van der Waals surface area contributed by atoms with Gasteiger partial charge in [-0.1, -0.05) is 51.1 Å². The SMILES string of the molecule is CC(C)(C)c1ccc(/C=C2\S/C(=N/N=C\c3cccnc3)N(Cc3ccco3)C2=O)cc1. The average Bonchev–Trinajstić information content (AvgIpc) is 3.39. The lowest BCUT2D eigenvalue weighted by Gasteiger charge is -2.18. The van der Waals surface area contributed by atoms with Crippen molar-refractivity contribution in [2.45, 2.75) is 32.7 Å². The van der Waals surface area contributed by atoms with Crippen molar-refractivity contribution in [1.82, 2.24) is 9.88 Å². The summed E-state index contributed by atoms with van der Waals surface area (Å²) in [6.45, 7) is 6.83. The molecule has 0 unspecified atom stereocenters. The molecule has 32 heavy (non-hydrogen) atoms. The van der Waals surface area contributed by atoms with Crippen LogP contribution in [0.1, 0.15) is 43.2 Å². The van der Waals surface area contributed by atoms with Crippen LogP contribution in [0.15, 0.2) is 86.7 Å². The number of pyridine rings is 1. The summed E-state index contributed by atoms with van der Waals surface area (Å²) in [6, 6.07) is 15.6. The van der Waals surface area contributed by atoms with Crippen LogP contribution in [0.4, 0.5) is 0 Å². The summed E-state index contributed by atoms with van der Waals surface area (Å²) in [5.41, 5.74) is 3.12. The molecule has 0 atom stereocenters. The maximum Gasteiger partial charge on any atom is 0.267 e. The Bertz CT molecular complexity index is 1160. The largest absolute Gasteiger partial charge is 0.467 e. The van der Waals surface area contributed by atoms with Gasteiger partial charge in [0.05, 0.1) is 23.9 Å². The van der Waals surface area contributed by atoms with E-state index in [4.69, 9.17) is 4.42 Å². The number of hydrogen-bond acceptors (Lipinski definition) is 6. The molecule has 0 bridgehead atoms. The van der Waals surface area contributed by atoms with Crippen LogP contribution in [0.3, 0.4) is 0 Å². The summed E-state index contributed by atoms with van der Waals surface area (Å²) >= 11 is 1.30. The van der Waals surface area contributed by atoms with Gasteiger partial charge >= 0.3 is 0 Å². The fraction of sp³-hybridized carbons (Fsp3) is 0.200. The van der Waals surface area contributed by atoms with Crippen LogP contribution >= 0.6 is 11.8 Å². The standard InChI is InChI=1S/C25H24N4O2S/c1-25(2,3)20-10-8-18(9-11-20)14-22-23(30)29(17-21-7-5-13-31-21)24(32-22)28-27-16-19-6-4-12-26-15-19/h4-16H,17H2,1-3H3/b22-14-,27-16-,28-24+. The molecule has 1 aliphatic heterocycles. The molecule has 2 aromatic heterocycles. The van der Waals surface area contributed by atoms with Crippen molar-refractivity contribution in [2.24, 2.45) is 10.2 Å². The summed E-state index contributed by atoms with van der Waals surface area (Å²) in [7, 11) is 0. The second kappa shape index (κ2) is 9.36. The van der Waals surface area contributed by atoms with Crippen molar-refractivity contribution in [3.8, 4) is 0 Å². The van der Waals surface area contributed by atoms with E-state index in [0.29, 0.717) is 22.4 Å². The molecule has 4 rings (SSSR count). The van der Waals surface area contributed by atoms with Crippen LogP contribution in [-0.4, -0.2) is 27.2 Å². The van der Waals surface area contributed by atoms with Gasteiger partial charge in [-0.15, -0.1) is 5.10 Å². The predicted molar refractivity (Wildman–Crippen MR) is 129 cm³/mol. The predicted octanol–water partition coefficient (Wildman–Crippen LogP) is 5.48. The van der Waals surface area contributed by atoms with Gasteiger partial charge in [0.15, 0.2) is 5.17 Å². The number of benzene rings is 1. The van der Waals surface area contributed by atoms with Gasteiger partial charge in [0, 0.05) is 18.0 Å². The fourth-order valence-corrected chi connectivity index (χ4v) is 4.04. The molecule has 6 nitrogen and oxygen atoms in total. The van der Waals surface area contributed by atoms with E-state index in [1.807, 2.05) is 36.4 Å². The van der Waals surface area contributed by atoms with E-state index in [2.05, 4.69) is 48.1 Å². The molecule has 0 aliphatic carbocycles. The minimum absolute atomic E-state index is 0.0789. The molecule has 0 spiro atoms. The highest BCUT2D eigenvalue weighted by Gasteiger charge is 2.34. The van der Waals surface area contributed by atoms with Crippen molar-refractivity contribution in [2.75, 3.05) is 0 Å². The number of amidine groups is 1. The van der Waals surface area contributed by atoms with E-state index >= 15 is 0 Å². The van der Waals surface area contributed by atoms with Gasteiger partial charge in [0.2, 0.25) is 0 Å². The molecular formula is C25H24N4O2S. The fourth-order valence-electron chi connectivity index (χ4n) is 3.11. The Morgan fingerprint density at radius 3 is 2.56 bits per heavy atom. The molecule has 3 heterocycles. The molecule has 0 N–H and O–H groups in total. The number of carbonyl (C=O) groups excluding carboxylic acids is 1. The first-order valence-corrected chi connectivity index (χ1v) is 11.1. The number of amides is 1. The summed E-state index contributed by atoms with van der Waals surface area (Å²) in [5.74, 6) is 0.556. The maximum absolute atomic E-state index is 13.2. The third-order valence-electron chi connectivity index (χ3n) is 4.89. The van der Waals surface area contributed by atoms with Gasteiger partial charge in [-0.3, -0.25) is 14.7 Å². The van der Waals surface area contributed by atoms with Crippen LogP contribution in [0, 0.1) is 0 Å². The number of thioether (sulfide) groups is 1. The molecule has 162 valence electrons. The third kappa shape index (κ3) is 5.23. The molecule has 1 amide bonds. The van der Waals surface area contributed by atoms with Gasteiger partial charge in [0.25, 0.3) is 5.91 Å². The number of aromatic nitrogens is 1. The smallest absolute Gasteiger partial charge is 0.267 e. The number of carbonyl (C=O) groups is 1. The Labute approximate surface area is 191 Å². The highest BCUT2D eigenvalue weighted by Crippen LogP contribution is 2.34.